The summed E-state index contributed by atoms with van der Waals surface area (Å²) in [5.41, 5.74) is 3.89. The normalized spacial score (nSPS) is 20.2. The van der Waals surface area contributed by atoms with E-state index in [9.17, 15) is 41.5 Å². The number of esters is 1. The second kappa shape index (κ2) is 18.3. The molecule has 3 aliphatic heterocycles. The van der Waals surface area contributed by atoms with E-state index < -0.39 is 57.4 Å². The molecule has 4 rings (SSSR count). The smallest absolute Gasteiger partial charge is 0.338 e. The summed E-state index contributed by atoms with van der Waals surface area (Å²) in [6.45, 7) is 28.2. The molecule has 3 saturated heterocycles. The standard InChI is InChI=1S/C12H12F4O2.C10H15NO3.C9H16N2OS.C7H15NO/c1-5-6(13)8(15)9(16)10(7(5)14)18-11(17)12(2,3)4;1-7-5-6-8(12)11(7)14-9(13)10(2,3)4;1-9(2,3)7-6-5(4-13-7)10-8(12)11-6;1-5(9)6(8)7(2,3)4/h1-4H3;1,5-6H2,2-4H3;5-7H,4H2,1-3H3,(H2,10,11,12);6H,8H2,1-4H3. The number of carbonyl (C=O) groups excluding carboxylic acids is 5. The van der Waals surface area contributed by atoms with Crippen LogP contribution in [0.4, 0.5) is 22.4 Å². The number of nitrogens with one attached hydrogen (secondary N) is 2. The van der Waals surface area contributed by atoms with Gasteiger partial charge in [0.25, 0.3) is 5.91 Å². The van der Waals surface area contributed by atoms with Crippen molar-refractivity contribution in [1.29, 1.82) is 0 Å². The molecule has 16 heteroatoms. The van der Waals surface area contributed by atoms with Gasteiger partial charge in [-0.2, -0.15) is 16.2 Å². The minimum atomic E-state index is -1.87. The maximum atomic E-state index is 13.5. The lowest BCUT2D eigenvalue weighted by Crippen LogP contribution is -2.42. The number of carbonyl (C=O) groups is 5. The van der Waals surface area contributed by atoms with Crippen LogP contribution in [0.5, 0.6) is 5.75 Å². The highest BCUT2D eigenvalue weighted by atomic mass is 32.2. The highest BCUT2D eigenvalue weighted by molar-refractivity contribution is 8.00. The van der Waals surface area contributed by atoms with Crippen molar-refractivity contribution in [3.05, 3.63) is 41.1 Å². The Hall–Kier alpha value is -3.66. The molecule has 1 aromatic carbocycles. The summed E-state index contributed by atoms with van der Waals surface area (Å²) >= 11 is 1.97. The number of hydroxylamine groups is 2. The third-order valence-electron chi connectivity index (χ3n) is 8.23. The Morgan fingerprint density at radius 1 is 0.833 bits per heavy atom. The highest BCUT2D eigenvalue weighted by Gasteiger charge is 2.47. The van der Waals surface area contributed by atoms with Crippen molar-refractivity contribution in [1.82, 2.24) is 15.7 Å². The summed E-state index contributed by atoms with van der Waals surface area (Å²) in [6.07, 6.45) is 0.937. The Morgan fingerprint density at radius 2 is 1.35 bits per heavy atom. The number of allylic oxidation sites excluding steroid dienone is 1. The Kier molecular flexibility index (Phi) is 16.4. The van der Waals surface area contributed by atoms with Crippen LogP contribution in [-0.4, -0.2) is 63.9 Å². The van der Waals surface area contributed by atoms with E-state index in [2.05, 4.69) is 42.7 Å². The summed E-state index contributed by atoms with van der Waals surface area (Å²) in [7, 11) is 0. The molecule has 0 aromatic heterocycles. The topological polar surface area (TPSA) is 157 Å². The molecule has 306 valence electrons. The molecular formula is C38H58F4N4O7S. The number of thioether (sulfide) groups is 1. The molecule has 4 N–H and O–H groups in total. The highest BCUT2D eigenvalue weighted by Crippen LogP contribution is 2.40. The monoisotopic (exact) mass is 790 g/mol. The largest absolute Gasteiger partial charge is 0.420 e. The predicted molar refractivity (Wildman–Crippen MR) is 200 cm³/mol. The summed E-state index contributed by atoms with van der Waals surface area (Å²) in [6, 6.07) is 0.362. The number of amides is 3. The van der Waals surface area contributed by atoms with E-state index in [4.69, 9.17) is 10.6 Å². The minimum absolute atomic E-state index is 0.00421. The maximum Gasteiger partial charge on any atom is 0.338 e. The van der Waals surface area contributed by atoms with Crippen LogP contribution in [0.25, 0.3) is 0 Å². The lowest BCUT2D eigenvalue weighted by atomic mass is 9.85. The van der Waals surface area contributed by atoms with Crippen molar-refractivity contribution < 1.29 is 51.1 Å². The Labute approximate surface area is 320 Å². The van der Waals surface area contributed by atoms with E-state index in [0.29, 0.717) is 35.9 Å². The number of ether oxygens (including phenoxy) is 1. The van der Waals surface area contributed by atoms with Crippen LogP contribution >= 0.6 is 11.8 Å². The van der Waals surface area contributed by atoms with E-state index in [1.165, 1.54) is 27.7 Å². The van der Waals surface area contributed by atoms with Gasteiger partial charge in [-0.05, 0) is 72.6 Å². The van der Waals surface area contributed by atoms with Gasteiger partial charge in [-0.1, -0.05) is 48.1 Å². The van der Waals surface area contributed by atoms with Crippen molar-refractivity contribution in [3.63, 3.8) is 0 Å². The number of halogens is 4. The molecular weight excluding hydrogens is 732 g/mol. The van der Waals surface area contributed by atoms with E-state index >= 15 is 0 Å². The molecule has 3 fully saturated rings. The van der Waals surface area contributed by atoms with Gasteiger partial charge in [0.1, 0.15) is 5.78 Å². The van der Waals surface area contributed by atoms with Crippen molar-refractivity contribution in [2.45, 2.75) is 133 Å². The Bertz CT molecular complexity index is 1550. The van der Waals surface area contributed by atoms with Gasteiger partial charge in [0.2, 0.25) is 11.6 Å². The van der Waals surface area contributed by atoms with Crippen LogP contribution in [-0.2, 0) is 24.0 Å². The third kappa shape index (κ3) is 13.3. The van der Waals surface area contributed by atoms with Crippen molar-refractivity contribution in [3.8, 4) is 5.75 Å². The number of fused-ring (bicyclic) bond motifs is 1. The molecule has 3 amide bonds. The Morgan fingerprint density at radius 3 is 1.74 bits per heavy atom. The van der Waals surface area contributed by atoms with Gasteiger partial charge in [-0.25, -0.2) is 22.8 Å². The number of nitrogens with zero attached hydrogens (tertiary/aromatic N) is 1. The van der Waals surface area contributed by atoms with Crippen LogP contribution in [0.15, 0.2) is 12.3 Å². The molecule has 0 spiro atoms. The van der Waals surface area contributed by atoms with Crippen molar-refractivity contribution >= 4 is 41.4 Å². The number of hydrogen-bond acceptors (Lipinski definition) is 9. The van der Waals surface area contributed by atoms with Crippen molar-refractivity contribution in [2.24, 2.45) is 27.4 Å². The van der Waals surface area contributed by atoms with Crippen LogP contribution in [0.3, 0.4) is 0 Å². The number of urea groups is 1. The van der Waals surface area contributed by atoms with E-state index in [1.54, 1.807) is 20.8 Å². The second-order valence-electron chi connectivity index (χ2n) is 17.6. The van der Waals surface area contributed by atoms with Crippen LogP contribution in [0.1, 0.15) is 108 Å². The zero-order valence-corrected chi connectivity index (χ0v) is 34.8. The lowest BCUT2D eigenvalue weighted by molar-refractivity contribution is -0.194. The number of rotatable bonds is 3. The third-order valence-corrected chi connectivity index (χ3v) is 10.1. The van der Waals surface area contributed by atoms with Crippen molar-refractivity contribution in [2.75, 3.05) is 5.75 Å². The zero-order valence-electron chi connectivity index (χ0n) is 33.9. The van der Waals surface area contributed by atoms with Gasteiger partial charge in [-0.3, -0.25) is 14.4 Å². The SMILES string of the molecule is C=C1CCC(=O)N1OC(=O)C(C)(C)C.CC(=O)C(N)C(C)(C)C.CC(C)(C)C1SCC2NC(=O)NC21.Cc1c(F)c(F)c(F)c(OC(=O)C(C)(C)C)c1F. The molecule has 54 heavy (non-hydrogen) atoms. The molecule has 0 bridgehead atoms. The Balaban J connectivity index is 0.000000370. The average molecular weight is 791 g/mol. The molecule has 3 aliphatic rings. The lowest BCUT2D eigenvalue weighted by Gasteiger charge is -2.30. The molecule has 0 aliphatic carbocycles. The summed E-state index contributed by atoms with van der Waals surface area (Å²) in [5, 5.41) is 7.49. The molecule has 4 unspecified atom stereocenters. The summed E-state index contributed by atoms with van der Waals surface area (Å²) in [5.74, 6) is -8.48. The second-order valence-corrected chi connectivity index (χ2v) is 18.7. The number of hydrogen-bond donors (Lipinski definition) is 3. The van der Waals surface area contributed by atoms with Gasteiger partial charge in [0.15, 0.2) is 17.5 Å². The fourth-order valence-electron chi connectivity index (χ4n) is 4.72. The molecule has 3 heterocycles. The van der Waals surface area contributed by atoms with E-state index in [1.807, 2.05) is 32.5 Å². The van der Waals surface area contributed by atoms with Gasteiger partial charge in [-0.15, -0.1) is 5.06 Å². The number of ketones is 1. The quantitative estimate of drug-likeness (QED) is 0.0715. The molecule has 4 atom stereocenters. The molecule has 0 radical (unpaired) electrons. The number of nitrogens with two attached hydrogens (primary N) is 1. The van der Waals surface area contributed by atoms with Gasteiger partial charge in [0, 0.05) is 23.0 Å². The maximum absolute atomic E-state index is 13.5. The number of Topliss-reactive ketones (excluding diaryl/α,β-unsaturated/α-hetero) is 1. The first-order valence-corrected chi connectivity index (χ1v) is 18.5. The average Bonchev–Trinajstić information content (AvgIpc) is 3.69. The van der Waals surface area contributed by atoms with Crippen LogP contribution < -0.4 is 21.1 Å². The number of benzene rings is 1. The predicted octanol–water partition coefficient (Wildman–Crippen LogP) is 7.28. The first-order valence-electron chi connectivity index (χ1n) is 17.5. The van der Waals surface area contributed by atoms with E-state index in [0.717, 1.165) is 17.7 Å². The molecule has 11 nitrogen and oxygen atoms in total. The minimum Gasteiger partial charge on any atom is -0.420 e. The zero-order chi connectivity index (χ0) is 42.5. The van der Waals surface area contributed by atoms with E-state index in [-0.39, 0.29) is 34.6 Å². The first kappa shape index (κ1) is 48.4. The molecule has 0 saturated carbocycles. The van der Waals surface area contributed by atoms with Crippen LogP contribution in [0, 0.1) is 51.9 Å². The van der Waals surface area contributed by atoms with Gasteiger partial charge < -0.3 is 25.9 Å². The van der Waals surface area contributed by atoms with Crippen LogP contribution in [0.2, 0.25) is 0 Å². The fourth-order valence-corrected chi connectivity index (χ4v) is 6.39. The molecule has 1 aromatic rings. The summed E-state index contributed by atoms with van der Waals surface area (Å²) < 4.78 is 57.4. The summed E-state index contributed by atoms with van der Waals surface area (Å²) in [4.78, 5) is 60.9. The fraction of sp³-hybridized carbons (Fsp3) is 0.658. The first-order chi connectivity index (χ1) is 24.2. The van der Waals surface area contributed by atoms with Gasteiger partial charge in [0.05, 0.1) is 34.7 Å². The van der Waals surface area contributed by atoms with Gasteiger partial charge >= 0.3 is 18.0 Å².